The molecule has 0 bridgehead atoms. The highest BCUT2D eigenvalue weighted by Crippen LogP contribution is 2.21. The molecule has 0 radical (unpaired) electrons. The van der Waals surface area contributed by atoms with E-state index < -0.39 is 28.3 Å². The van der Waals surface area contributed by atoms with Gasteiger partial charge in [0.25, 0.3) is 5.91 Å². The third-order valence-electron chi connectivity index (χ3n) is 4.73. The Morgan fingerprint density at radius 1 is 1.18 bits per heavy atom. The fraction of sp³-hybridized carbons (Fsp3) is 0.579. The van der Waals surface area contributed by atoms with Gasteiger partial charge in [-0.15, -0.1) is 0 Å². The lowest BCUT2D eigenvalue weighted by atomic mass is 10.1. The summed E-state index contributed by atoms with van der Waals surface area (Å²) in [6.45, 7) is 3.01. The van der Waals surface area contributed by atoms with Gasteiger partial charge >= 0.3 is 5.97 Å². The van der Waals surface area contributed by atoms with Gasteiger partial charge in [-0.05, 0) is 44.0 Å². The lowest BCUT2D eigenvalue weighted by Gasteiger charge is -2.33. The standard InChI is InChI=1S/C19H27NO7S/c1-4-14(2)20(15-9-10-28(23,24)13-15)18(21)11-27-19(22)12-26-17-7-5-16(25-3)6-8-17/h5-8,14-15H,4,9-13H2,1-3H3/t14-,15+/m1/s1. The van der Waals surface area contributed by atoms with Crippen LogP contribution in [0.1, 0.15) is 26.7 Å². The summed E-state index contributed by atoms with van der Waals surface area (Å²) in [5.74, 6) is 0.105. The maximum Gasteiger partial charge on any atom is 0.344 e. The fourth-order valence-corrected chi connectivity index (χ4v) is 4.78. The van der Waals surface area contributed by atoms with Crippen LogP contribution in [0.4, 0.5) is 0 Å². The molecular formula is C19H27NO7S. The van der Waals surface area contributed by atoms with Gasteiger partial charge in [-0.3, -0.25) is 4.79 Å². The minimum Gasteiger partial charge on any atom is -0.497 e. The van der Waals surface area contributed by atoms with Gasteiger partial charge in [0.2, 0.25) is 0 Å². The zero-order valence-corrected chi connectivity index (χ0v) is 17.2. The summed E-state index contributed by atoms with van der Waals surface area (Å²) >= 11 is 0. The molecule has 1 amide bonds. The number of ether oxygens (including phenoxy) is 3. The number of carbonyl (C=O) groups excluding carboxylic acids is 2. The lowest BCUT2D eigenvalue weighted by molar-refractivity contribution is -0.155. The zero-order valence-electron chi connectivity index (χ0n) is 16.4. The fourth-order valence-electron chi connectivity index (χ4n) is 3.07. The SMILES string of the molecule is CC[C@@H](C)N(C(=O)COC(=O)COc1ccc(OC)cc1)[C@H]1CCS(=O)(=O)C1. The van der Waals surface area contributed by atoms with Crippen molar-refractivity contribution in [1.29, 1.82) is 0 Å². The highest BCUT2D eigenvalue weighted by atomic mass is 32.2. The van der Waals surface area contributed by atoms with Crippen molar-refractivity contribution in [3.8, 4) is 11.5 Å². The zero-order chi connectivity index (χ0) is 20.7. The monoisotopic (exact) mass is 413 g/mol. The molecule has 0 unspecified atom stereocenters. The summed E-state index contributed by atoms with van der Waals surface area (Å²) in [5.41, 5.74) is 0. The van der Waals surface area contributed by atoms with E-state index in [1.165, 1.54) is 0 Å². The van der Waals surface area contributed by atoms with Gasteiger partial charge in [-0.1, -0.05) is 6.92 Å². The van der Waals surface area contributed by atoms with Gasteiger partial charge in [-0.2, -0.15) is 0 Å². The molecular weight excluding hydrogens is 386 g/mol. The first-order valence-electron chi connectivity index (χ1n) is 9.19. The first kappa shape index (κ1) is 22.0. The number of carbonyl (C=O) groups is 2. The molecule has 0 aliphatic carbocycles. The van der Waals surface area contributed by atoms with Crippen LogP contribution in [0.15, 0.2) is 24.3 Å². The highest BCUT2D eigenvalue weighted by molar-refractivity contribution is 7.91. The van der Waals surface area contributed by atoms with Crippen molar-refractivity contribution in [3.05, 3.63) is 24.3 Å². The van der Waals surface area contributed by atoms with Crippen LogP contribution in [0.3, 0.4) is 0 Å². The second kappa shape index (κ2) is 9.77. The topological polar surface area (TPSA) is 99.2 Å². The van der Waals surface area contributed by atoms with Crippen molar-refractivity contribution in [2.75, 3.05) is 31.8 Å². The van der Waals surface area contributed by atoms with Gasteiger partial charge in [-0.25, -0.2) is 13.2 Å². The Bertz CT molecular complexity index is 776. The third-order valence-corrected chi connectivity index (χ3v) is 6.48. The number of sulfone groups is 1. The smallest absolute Gasteiger partial charge is 0.344 e. The van der Waals surface area contributed by atoms with Crippen molar-refractivity contribution in [2.45, 2.75) is 38.8 Å². The largest absolute Gasteiger partial charge is 0.497 e. The van der Waals surface area contributed by atoms with E-state index in [1.54, 1.807) is 36.3 Å². The Kier molecular flexibility index (Phi) is 7.68. The molecule has 9 heteroatoms. The molecule has 0 spiro atoms. The van der Waals surface area contributed by atoms with E-state index in [9.17, 15) is 18.0 Å². The van der Waals surface area contributed by atoms with E-state index in [-0.39, 0.29) is 30.2 Å². The molecule has 1 aliphatic rings. The van der Waals surface area contributed by atoms with Crippen molar-refractivity contribution < 1.29 is 32.2 Å². The molecule has 1 heterocycles. The van der Waals surface area contributed by atoms with Crippen molar-refractivity contribution in [3.63, 3.8) is 0 Å². The molecule has 2 atom stereocenters. The quantitative estimate of drug-likeness (QED) is 0.565. The normalized spacial score (nSPS) is 18.9. The minimum absolute atomic E-state index is 0.0440. The van der Waals surface area contributed by atoms with Crippen LogP contribution in [0.2, 0.25) is 0 Å². The van der Waals surface area contributed by atoms with Crippen LogP contribution in [0, 0.1) is 0 Å². The molecule has 1 aromatic rings. The third kappa shape index (κ3) is 6.12. The molecule has 1 aromatic carbocycles. The van der Waals surface area contributed by atoms with E-state index in [0.717, 1.165) is 0 Å². The molecule has 0 saturated carbocycles. The average Bonchev–Trinajstić information content (AvgIpc) is 3.04. The number of nitrogens with zero attached hydrogens (tertiary/aromatic N) is 1. The first-order chi connectivity index (χ1) is 13.3. The molecule has 1 saturated heterocycles. The van der Waals surface area contributed by atoms with Crippen LogP contribution in [-0.2, 0) is 24.2 Å². The molecule has 156 valence electrons. The highest BCUT2D eigenvalue weighted by Gasteiger charge is 2.36. The lowest BCUT2D eigenvalue weighted by Crippen LogP contribution is -2.48. The van der Waals surface area contributed by atoms with Crippen LogP contribution >= 0.6 is 0 Å². The molecule has 1 aliphatic heterocycles. The maximum absolute atomic E-state index is 12.6. The molecule has 8 nitrogen and oxygen atoms in total. The van der Waals surface area contributed by atoms with E-state index in [4.69, 9.17) is 14.2 Å². The second-order valence-corrected chi connectivity index (χ2v) is 8.97. The summed E-state index contributed by atoms with van der Waals surface area (Å²) < 4.78 is 38.9. The number of hydrogen-bond donors (Lipinski definition) is 0. The van der Waals surface area contributed by atoms with Gasteiger partial charge in [0.15, 0.2) is 23.1 Å². The molecule has 2 rings (SSSR count). The molecule has 28 heavy (non-hydrogen) atoms. The number of methoxy groups -OCH3 is 1. The predicted octanol–water partition coefficient (Wildman–Crippen LogP) is 1.43. The first-order valence-corrected chi connectivity index (χ1v) is 11.0. The van der Waals surface area contributed by atoms with Crippen molar-refractivity contribution in [2.24, 2.45) is 0 Å². The summed E-state index contributed by atoms with van der Waals surface area (Å²) in [7, 11) is -1.57. The molecule has 0 aromatic heterocycles. The van der Waals surface area contributed by atoms with Gasteiger partial charge in [0.05, 0.1) is 18.6 Å². The van der Waals surface area contributed by atoms with E-state index in [0.29, 0.717) is 24.3 Å². The maximum atomic E-state index is 12.6. The molecule has 0 N–H and O–H groups in total. The minimum atomic E-state index is -3.12. The summed E-state index contributed by atoms with van der Waals surface area (Å²) in [6, 6.07) is 6.19. The number of rotatable bonds is 9. The predicted molar refractivity (Wildman–Crippen MR) is 103 cm³/mol. The van der Waals surface area contributed by atoms with E-state index >= 15 is 0 Å². The van der Waals surface area contributed by atoms with Crippen LogP contribution < -0.4 is 9.47 Å². The second-order valence-electron chi connectivity index (χ2n) is 6.74. The molecule has 1 fully saturated rings. The Hall–Kier alpha value is -2.29. The summed E-state index contributed by atoms with van der Waals surface area (Å²) in [6.07, 6.45) is 1.09. The van der Waals surface area contributed by atoms with Crippen molar-refractivity contribution in [1.82, 2.24) is 4.90 Å². The van der Waals surface area contributed by atoms with E-state index in [1.807, 2.05) is 13.8 Å². The number of esters is 1. The summed E-state index contributed by atoms with van der Waals surface area (Å²) in [4.78, 5) is 26.0. The number of benzene rings is 1. The van der Waals surface area contributed by atoms with Gasteiger partial charge in [0.1, 0.15) is 11.5 Å². The van der Waals surface area contributed by atoms with Crippen molar-refractivity contribution >= 4 is 21.7 Å². The number of hydrogen-bond acceptors (Lipinski definition) is 7. The Morgan fingerprint density at radius 2 is 1.82 bits per heavy atom. The van der Waals surface area contributed by atoms with Gasteiger partial charge in [0, 0.05) is 12.1 Å². The number of amides is 1. The van der Waals surface area contributed by atoms with E-state index in [2.05, 4.69) is 0 Å². The van der Waals surface area contributed by atoms with Crippen LogP contribution in [-0.4, -0.2) is 69.1 Å². The van der Waals surface area contributed by atoms with Gasteiger partial charge < -0.3 is 19.1 Å². The Labute approximate surface area is 165 Å². The Morgan fingerprint density at radius 3 is 2.36 bits per heavy atom. The van der Waals surface area contributed by atoms with Crippen LogP contribution in [0.5, 0.6) is 11.5 Å². The summed E-state index contributed by atoms with van der Waals surface area (Å²) in [5, 5.41) is 0. The average molecular weight is 413 g/mol. The Balaban J connectivity index is 1.86. The van der Waals surface area contributed by atoms with Crippen LogP contribution in [0.25, 0.3) is 0 Å².